The molecule has 0 aliphatic carbocycles. The molecule has 1 saturated heterocycles. The lowest BCUT2D eigenvalue weighted by Crippen LogP contribution is -2.41. The molecule has 0 radical (unpaired) electrons. The number of hydrogen-bond donors (Lipinski definition) is 2. The smallest absolute Gasteiger partial charge is 0.170 e. The van der Waals surface area contributed by atoms with Crippen LogP contribution in [-0.4, -0.2) is 42.8 Å². The molecule has 1 aromatic carbocycles. The molecule has 1 aliphatic rings. The van der Waals surface area contributed by atoms with Crippen LogP contribution < -0.4 is 15.4 Å². The molecule has 4 nitrogen and oxygen atoms in total. The maximum absolute atomic E-state index is 5.33. The average Bonchev–Trinajstić information content (AvgIpc) is 2.93. The number of anilines is 1. The van der Waals surface area contributed by atoms with Crippen LogP contribution in [0.3, 0.4) is 0 Å². The fourth-order valence-electron chi connectivity index (χ4n) is 2.60. The minimum atomic E-state index is 0.607. The van der Waals surface area contributed by atoms with E-state index in [4.69, 9.17) is 17.0 Å². The first-order valence-corrected chi connectivity index (χ1v) is 7.56. The number of ether oxygens (including phenoxy) is 1. The van der Waals surface area contributed by atoms with Crippen molar-refractivity contribution in [2.24, 2.45) is 0 Å². The molecule has 2 N–H and O–H groups in total. The van der Waals surface area contributed by atoms with E-state index in [1.54, 1.807) is 7.11 Å². The second-order valence-electron chi connectivity index (χ2n) is 4.99. The first-order chi connectivity index (χ1) is 9.72. The van der Waals surface area contributed by atoms with Crippen molar-refractivity contribution in [1.82, 2.24) is 10.2 Å². The van der Waals surface area contributed by atoms with Gasteiger partial charge in [-0.3, -0.25) is 4.90 Å². The highest BCUT2D eigenvalue weighted by atomic mass is 32.1. The van der Waals surface area contributed by atoms with Crippen molar-refractivity contribution in [3.05, 3.63) is 24.3 Å². The fraction of sp³-hybridized carbons (Fsp3) is 0.533. The van der Waals surface area contributed by atoms with Gasteiger partial charge in [-0.15, -0.1) is 0 Å². The highest BCUT2D eigenvalue weighted by Gasteiger charge is 2.22. The number of hydrogen-bond acceptors (Lipinski definition) is 3. The van der Waals surface area contributed by atoms with Gasteiger partial charge in [0.1, 0.15) is 5.75 Å². The van der Waals surface area contributed by atoms with Gasteiger partial charge in [-0.05, 0) is 62.4 Å². The van der Waals surface area contributed by atoms with Crippen molar-refractivity contribution < 1.29 is 4.74 Å². The van der Waals surface area contributed by atoms with Crippen LogP contribution in [0.25, 0.3) is 0 Å². The SMILES string of the molecule is CCN1CCCC1CNC(=S)Nc1ccc(OC)cc1. The summed E-state index contributed by atoms with van der Waals surface area (Å²) < 4.78 is 5.13. The van der Waals surface area contributed by atoms with Crippen molar-refractivity contribution in [1.29, 1.82) is 0 Å². The molecule has 1 aliphatic heterocycles. The quantitative estimate of drug-likeness (QED) is 0.816. The van der Waals surface area contributed by atoms with Crippen LogP contribution >= 0.6 is 12.2 Å². The first-order valence-electron chi connectivity index (χ1n) is 7.16. The molecule has 1 aromatic rings. The summed E-state index contributed by atoms with van der Waals surface area (Å²) in [6, 6.07) is 8.36. The molecule has 20 heavy (non-hydrogen) atoms. The van der Waals surface area contributed by atoms with E-state index < -0.39 is 0 Å². The minimum absolute atomic E-state index is 0.607. The molecule has 1 atom stereocenters. The van der Waals surface area contributed by atoms with Crippen LogP contribution in [-0.2, 0) is 0 Å². The van der Waals surface area contributed by atoms with Gasteiger partial charge >= 0.3 is 0 Å². The lowest BCUT2D eigenvalue weighted by atomic mass is 10.2. The Hall–Kier alpha value is -1.33. The third-order valence-electron chi connectivity index (χ3n) is 3.75. The highest BCUT2D eigenvalue weighted by molar-refractivity contribution is 7.80. The van der Waals surface area contributed by atoms with Crippen LogP contribution in [0.5, 0.6) is 5.75 Å². The van der Waals surface area contributed by atoms with Crippen LogP contribution in [0.4, 0.5) is 5.69 Å². The summed E-state index contributed by atoms with van der Waals surface area (Å²) >= 11 is 5.33. The van der Waals surface area contributed by atoms with E-state index in [1.807, 2.05) is 24.3 Å². The van der Waals surface area contributed by atoms with Crippen molar-refractivity contribution >= 4 is 23.0 Å². The molecule has 2 rings (SSSR count). The number of benzene rings is 1. The summed E-state index contributed by atoms with van der Waals surface area (Å²) in [4.78, 5) is 2.50. The largest absolute Gasteiger partial charge is 0.497 e. The summed E-state index contributed by atoms with van der Waals surface area (Å²) in [5.74, 6) is 0.846. The van der Waals surface area contributed by atoms with Crippen molar-refractivity contribution in [2.45, 2.75) is 25.8 Å². The van der Waals surface area contributed by atoms with Crippen LogP contribution in [0.15, 0.2) is 24.3 Å². The van der Waals surface area contributed by atoms with Crippen molar-refractivity contribution in [3.63, 3.8) is 0 Å². The van der Waals surface area contributed by atoms with Gasteiger partial charge in [0, 0.05) is 18.3 Å². The van der Waals surface area contributed by atoms with Gasteiger partial charge in [0.05, 0.1) is 7.11 Å². The molecule has 110 valence electrons. The molecular weight excluding hydrogens is 270 g/mol. The van der Waals surface area contributed by atoms with E-state index in [2.05, 4.69) is 22.5 Å². The standard InChI is InChI=1S/C15H23N3OS/c1-3-18-10-4-5-13(18)11-16-15(20)17-12-6-8-14(19-2)9-7-12/h6-9,13H,3-5,10-11H2,1-2H3,(H2,16,17,20). The van der Waals surface area contributed by atoms with Gasteiger partial charge in [0.25, 0.3) is 0 Å². The van der Waals surface area contributed by atoms with E-state index in [-0.39, 0.29) is 0 Å². The lowest BCUT2D eigenvalue weighted by molar-refractivity contribution is 0.267. The summed E-state index contributed by atoms with van der Waals surface area (Å²) in [5, 5.41) is 7.19. The van der Waals surface area contributed by atoms with Crippen LogP contribution in [0, 0.1) is 0 Å². The molecular formula is C15H23N3OS. The zero-order valence-electron chi connectivity index (χ0n) is 12.2. The van der Waals surface area contributed by atoms with Gasteiger partial charge in [0.15, 0.2) is 5.11 Å². The van der Waals surface area contributed by atoms with E-state index >= 15 is 0 Å². The summed E-state index contributed by atoms with van der Waals surface area (Å²) in [5.41, 5.74) is 0.974. The normalized spacial score (nSPS) is 18.8. The zero-order valence-corrected chi connectivity index (χ0v) is 13.0. The maximum atomic E-state index is 5.33. The molecule has 0 bridgehead atoms. The molecule has 0 aromatic heterocycles. The van der Waals surface area contributed by atoms with Crippen molar-refractivity contribution in [3.8, 4) is 5.75 Å². The molecule has 5 heteroatoms. The fourth-order valence-corrected chi connectivity index (χ4v) is 2.80. The Morgan fingerprint density at radius 2 is 2.15 bits per heavy atom. The number of thiocarbonyl (C=S) groups is 1. The summed E-state index contributed by atoms with van der Waals surface area (Å²) in [6.45, 7) is 5.45. The molecule has 1 unspecified atom stereocenters. The number of likely N-dealkylation sites (tertiary alicyclic amines) is 1. The van der Waals surface area contributed by atoms with E-state index in [9.17, 15) is 0 Å². The number of likely N-dealkylation sites (N-methyl/N-ethyl adjacent to an activating group) is 1. The third-order valence-corrected chi connectivity index (χ3v) is 4.00. The third kappa shape index (κ3) is 4.08. The monoisotopic (exact) mass is 293 g/mol. The van der Waals surface area contributed by atoms with E-state index in [0.717, 1.165) is 24.5 Å². The van der Waals surface area contributed by atoms with Gasteiger partial charge in [-0.1, -0.05) is 6.92 Å². The molecule has 0 saturated carbocycles. The molecule has 1 fully saturated rings. The summed E-state index contributed by atoms with van der Waals surface area (Å²) in [6.07, 6.45) is 2.55. The zero-order chi connectivity index (χ0) is 14.4. The number of nitrogens with one attached hydrogen (secondary N) is 2. The van der Waals surface area contributed by atoms with Crippen LogP contribution in [0.2, 0.25) is 0 Å². The van der Waals surface area contributed by atoms with Gasteiger partial charge < -0.3 is 15.4 Å². The average molecular weight is 293 g/mol. The van der Waals surface area contributed by atoms with E-state index in [1.165, 1.54) is 19.4 Å². The predicted octanol–water partition coefficient (Wildman–Crippen LogP) is 2.47. The topological polar surface area (TPSA) is 36.5 Å². The Morgan fingerprint density at radius 3 is 2.80 bits per heavy atom. The number of nitrogens with zero attached hydrogens (tertiary/aromatic N) is 1. The highest BCUT2D eigenvalue weighted by Crippen LogP contribution is 2.16. The molecule has 0 amide bonds. The second kappa shape index (κ2) is 7.45. The first kappa shape index (κ1) is 15.1. The Bertz CT molecular complexity index is 435. The number of methoxy groups -OCH3 is 1. The Kier molecular flexibility index (Phi) is 5.61. The Morgan fingerprint density at radius 1 is 1.40 bits per heavy atom. The maximum Gasteiger partial charge on any atom is 0.170 e. The van der Waals surface area contributed by atoms with Crippen molar-refractivity contribution in [2.75, 3.05) is 32.1 Å². The Labute approximate surface area is 126 Å². The predicted molar refractivity (Wildman–Crippen MR) is 87.5 cm³/mol. The second-order valence-corrected chi connectivity index (χ2v) is 5.40. The van der Waals surface area contributed by atoms with Gasteiger partial charge in [0.2, 0.25) is 0 Å². The lowest BCUT2D eigenvalue weighted by Gasteiger charge is -2.23. The Balaban J connectivity index is 1.77. The molecule has 0 spiro atoms. The van der Waals surface area contributed by atoms with Gasteiger partial charge in [-0.2, -0.15) is 0 Å². The van der Waals surface area contributed by atoms with E-state index in [0.29, 0.717) is 11.2 Å². The minimum Gasteiger partial charge on any atom is -0.497 e. The number of rotatable bonds is 5. The summed E-state index contributed by atoms with van der Waals surface area (Å²) in [7, 11) is 1.66. The van der Waals surface area contributed by atoms with Gasteiger partial charge in [-0.25, -0.2) is 0 Å². The van der Waals surface area contributed by atoms with Crippen LogP contribution in [0.1, 0.15) is 19.8 Å². The molecule has 1 heterocycles.